The lowest BCUT2D eigenvalue weighted by Crippen LogP contribution is -2.41. The Kier molecular flexibility index (Phi) is 6.48. The quantitative estimate of drug-likeness (QED) is 0.845. The molecule has 0 saturated heterocycles. The van der Waals surface area contributed by atoms with Gasteiger partial charge in [0.25, 0.3) is 0 Å². The standard InChI is InChI=1S/C12H13Cl2NO3S/c1-7(16)15-11(12(17)18)6-19-5-8-9(13)3-2-4-10(8)14/h2-4,11H,5-6H2,1H3,(H,15,16)(H,17,18). The maximum absolute atomic E-state index is 10.9. The van der Waals surface area contributed by atoms with Gasteiger partial charge in [0, 0.05) is 28.5 Å². The van der Waals surface area contributed by atoms with Crippen LogP contribution in [0.4, 0.5) is 0 Å². The van der Waals surface area contributed by atoms with Gasteiger partial charge in [0.05, 0.1) is 0 Å². The SMILES string of the molecule is CC(=O)NC(CSCc1c(Cl)cccc1Cl)C(=O)O. The van der Waals surface area contributed by atoms with E-state index in [4.69, 9.17) is 28.3 Å². The lowest BCUT2D eigenvalue weighted by Gasteiger charge is -2.13. The van der Waals surface area contributed by atoms with E-state index in [1.165, 1.54) is 18.7 Å². The summed E-state index contributed by atoms with van der Waals surface area (Å²) in [5.41, 5.74) is 0.766. The molecular formula is C12H13Cl2NO3S. The Labute approximate surface area is 125 Å². The van der Waals surface area contributed by atoms with Crippen LogP contribution in [0, 0.1) is 0 Å². The number of carbonyl (C=O) groups is 2. The monoisotopic (exact) mass is 321 g/mol. The third kappa shape index (κ3) is 5.30. The van der Waals surface area contributed by atoms with Gasteiger partial charge in [-0.2, -0.15) is 11.8 Å². The Morgan fingerprint density at radius 1 is 1.37 bits per heavy atom. The first-order valence-electron chi connectivity index (χ1n) is 5.42. The molecule has 0 radical (unpaired) electrons. The van der Waals surface area contributed by atoms with Gasteiger partial charge in [0.1, 0.15) is 6.04 Å². The van der Waals surface area contributed by atoms with Crippen molar-refractivity contribution in [1.82, 2.24) is 5.32 Å². The number of carbonyl (C=O) groups excluding carboxylic acids is 1. The fourth-order valence-electron chi connectivity index (χ4n) is 1.37. The van der Waals surface area contributed by atoms with Crippen LogP contribution in [0.5, 0.6) is 0 Å². The van der Waals surface area contributed by atoms with Crippen LogP contribution in [0.25, 0.3) is 0 Å². The molecule has 2 N–H and O–H groups in total. The zero-order chi connectivity index (χ0) is 14.4. The number of carboxylic acids is 1. The number of thioether (sulfide) groups is 1. The van der Waals surface area contributed by atoms with Gasteiger partial charge in [0.15, 0.2) is 0 Å². The molecule has 0 aliphatic carbocycles. The molecule has 0 aliphatic rings. The van der Waals surface area contributed by atoms with Gasteiger partial charge in [-0.25, -0.2) is 4.79 Å². The fraction of sp³-hybridized carbons (Fsp3) is 0.333. The number of aliphatic carboxylic acids is 1. The van der Waals surface area contributed by atoms with Crippen LogP contribution in [0.15, 0.2) is 18.2 Å². The maximum atomic E-state index is 10.9. The molecule has 1 aromatic carbocycles. The highest BCUT2D eigenvalue weighted by Gasteiger charge is 2.18. The van der Waals surface area contributed by atoms with Crippen LogP contribution in [-0.4, -0.2) is 28.8 Å². The van der Waals surface area contributed by atoms with Crippen molar-refractivity contribution in [1.29, 1.82) is 0 Å². The van der Waals surface area contributed by atoms with Crippen molar-refractivity contribution in [2.45, 2.75) is 18.7 Å². The third-order valence-corrected chi connectivity index (χ3v) is 4.04. The van der Waals surface area contributed by atoms with E-state index in [9.17, 15) is 9.59 Å². The molecular weight excluding hydrogens is 309 g/mol. The molecule has 0 saturated carbocycles. The molecule has 0 aliphatic heterocycles. The first-order valence-corrected chi connectivity index (χ1v) is 7.33. The number of hydrogen-bond acceptors (Lipinski definition) is 3. The Morgan fingerprint density at radius 3 is 2.42 bits per heavy atom. The summed E-state index contributed by atoms with van der Waals surface area (Å²) in [7, 11) is 0. The van der Waals surface area contributed by atoms with Crippen molar-refractivity contribution >= 4 is 46.8 Å². The van der Waals surface area contributed by atoms with Gasteiger partial charge in [0.2, 0.25) is 5.91 Å². The Balaban J connectivity index is 2.57. The summed E-state index contributed by atoms with van der Waals surface area (Å²) in [6.45, 7) is 1.28. The molecule has 1 rings (SSSR count). The summed E-state index contributed by atoms with van der Waals surface area (Å²) in [6.07, 6.45) is 0. The second kappa shape index (κ2) is 7.62. The van der Waals surface area contributed by atoms with Gasteiger partial charge in [-0.05, 0) is 17.7 Å². The predicted molar refractivity (Wildman–Crippen MR) is 77.9 cm³/mol. The van der Waals surface area contributed by atoms with E-state index < -0.39 is 12.0 Å². The molecule has 0 aromatic heterocycles. The first-order chi connectivity index (χ1) is 8.91. The minimum atomic E-state index is -1.06. The van der Waals surface area contributed by atoms with E-state index in [0.717, 1.165) is 5.56 Å². The number of benzene rings is 1. The normalized spacial score (nSPS) is 11.9. The molecule has 1 aromatic rings. The average Bonchev–Trinajstić information content (AvgIpc) is 2.30. The van der Waals surface area contributed by atoms with Crippen molar-refractivity contribution in [2.24, 2.45) is 0 Å². The summed E-state index contributed by atoms with van der Waals surface area (Å²) < 4.78 is 0. The lowest BCUT2D eigenvalue weighted by atomic mass is 10.2. The zero-order valence-corrected chi connectivity index (χ0v) is 12.5. The van der Waals surface area contributed by atoms with E-state index in [2.05, 4.69) is 5.32 Å². The van der Waals surface area contributed by atoms with Crippen LogP contribution in [0.3, 0.4) is 0 Å². The molecule has 104 valence electrons. The maximum Gasteiger partial charge on any atom is 0.327 e. The van der Waals surface area contributed by atoms with Crippen molar-refractivity contribution < 1.29 is 14.7 Å². The molecule has 0 bridgehead atoms. The summed E-state index contributed by atoms with van der Waals surface area (Å²) in [5, 5.41) is 12.4. The largest absolute Gasteiger partial charge is 0.480 e. The van der Waals surface area contributed by atoms with Crippen molar-refractivity contribution in [3.63, 3.8) is 0 Å². The summed E-state index contributed by atoms with van der Waals surface area (Å²) >= 11 is 13.4. The predicted octanol–water partition coefficient (Wildman–Crippen LogP) is 2.82. The summed E-state index contributed by atoms with van der Waals surface area (Å²) in [4.78, 5) is 21.8. The highest BCUT2D eigenvalue weighted by molar-refractivity contribution is 7.98. The van der Waals surface area contributed by atoms with E-state index >= 15 is 0 Å². The van der Waals surface area contributed by atoms with Crippen LogP contribution < -0.4 is 5.32 Å². The number of rotatable bonds is 6. The minimum Gasteiger partial charge on any atom is -0.480 e. The third-order valence-electron chi connectivity index (χ3n) is 2.27. The van der Waals surface area contributed by atoms with Crippen molar-refractivity contribution in [2.75, 3.05) is 5.75 Å². The van der Waals surface area contributed by atoms with Crippen LogP contribution >= 0.6 is 35.0 Å². The molecule has 0 spiro atoms. The van der Waals surface area contributed by atoms with Crippen LogP contribution in [0.2, 0.25) is 10.0 Å². The van der Waals surface area contributed by atoms with E-state index in [1.807, 2.05) is 0 Å². The van der Waals surface area contributed by atoms with E-state index in [-0.39, 0.29) is 11.7 Å². The van der Waals surface area contributed by atoms with Gasteiger partial charge in [-0.1, -0.05) is 29.3 Å². The number of amides is 1. The average molecular weight is 322 g/mol. The number of carboxylic acid groups (broad SMARTS) is 1. The Bertz CT molecular complexity index is 462. The molecule has 1 amide bonds. The molecule has 1 unspecified atom stereocenters. The fourth-order valence-corrected chi connectivity index (χ4v) is 3.15. The summed E-state index contributed by atoms with van der Waals surface area (Å²) in [6, 6.07) is 4.29. The molecule has 0 fully saturated rings. The smallest absolute Gasteiger partial charge is 0.327 e. The van der Waals surface area contributed by atoms with E-state index in [0.29, 0.717) is 15.8 Å². The zero-order valence-electron chi connectivity index (χ0n) is 10.2. The minimum absolute atomic E-state index is 0.246. The van der Waals surface area contributed by atoms with Crippen molar-refractivity contribution in [3.05, 3.63) is 33.8 Å². The molecule has 7 heteroatoms. The molecule has 1 atom stereocenters. The van der Waals surface area contributed by atoms with Gasteiger partial charge < -0.3 is 10.4 Å². The highest BCUT2D eigenvalue weighted by atomic mass is 35.5. The molecule has 4 nitrogen and oxygen atoms in total. The summed E-state index contributed by atoms with van der Waals surface area (Å²) in [5.74, 6) is -0.699. The second-order valence-corrected chi connectivity index (χ2v) is 5.65. The van der Waals surface area contributed by atoms with Crippen LogP contribution in [-0.2, 0) is 15.3 Å². The van der Waals surface area contributed by atoms with E-state index in [1.54, 1.807) is 18.2 Å². The molecule has 0 heterocycles. The second-order valence-electron chi connectivity index (χ2n) is 3.81. The van der Waals surface area contributed by atoms with Gasteiger partial charge >= 0.3 is 5.97 Å². The number of halogens is 2. The number of hydrogen-bond donors (Lipinski definition) is 2. The topological polar surface area (TPSA) is 66.4 Å². The van der Waals surface area contributed by atoms with Gasteiger partial charge in [-0.15, -0.1) is 0 Å². The van der Waals surface area contributed by atoms with Crippen LogP contribution in [0.1, 0.15) is 12.5 Å². The van der Waals surface area contributed by atoms with Crippen molar-refractivity contribution in [3.8, 4) is 0 Å². The Morgan fingerprint density at radius 2 is 1.95 bits per heavy atom. The number of nitrogens with one attached hydrogen (secondary N) is 1. The lowest BCUT2D eigenvalue weighted by molar-refractivity contribution is -0.140. The highest BCUT2D eigenvalue weighted by Crippen LogP contribution is 2.28. The van der Waals surface area contributed by atoms with Gasteiger partial charge in [-0.3, -0.25) is 4.79 Å². The first kappa shape index (κ1) is 16.1. The molecule has 19 heavy (non-hydrogen) atoms. The Hall–Kier alpha value is -0.910.